The van der Waals surface area contributed by atoms with Gasteiger partial charge in [-0.2, -0.15) is 0 Å². The van der Waals surface area contributed by atoms with E-state index in [2.05, 4.69) is 179 Å². The fourth-order valence-corrected chi connectivity index (χ4v) is 15.6. The summed E-state index contributed by atoms with van der Waals surface area (Å²) >= 11 is 2.31. The average Bonchev–Trinajstić information content (AvgIpc) is 2.77. The molecule has 2 rings (SSSR count). The van der Waals surface area contributed by atoms with Gasteiger partial charge in [0.05, 0.1) is 0 Å². The number of ether oxygens (including phenoxy) is 2. The second kappa shape index (κ2) is 14.0. The molecule has 0 saturated heterocycles. The molecule has 2 nitrogen and oxygen atoms in total. The Bertz CT molecular complexity index is 1060. The third kappa shape index (κ3) is 10.6. The first-order valence-electron chi connectivity index (χ1n) is 15.3. The van der Waals surface area contributed by atoms with Gasteiger partial charge in [-0.15, -0.1) is 0 Å². The molecule has 0 saturated carbocycles. The second-order valence-corrected chi connectivity index (χ2v) is 30.2. The maximum absolute atomic E-state index is 6.72. The SMILES string of the molecule is C[CH](C)[Ge]([CH2]Oc1ccc(C(C)(C)CC(C)(C)C)cc1I)([CH2]Oc1ccc(C(C)(C)CC(C)(C)C)cc1I)[CH](C)C. The van der Waals surface area contributed by atoms with Crippen molar-refractivity contribution < 1.29 is 9.47 Å². The normalized spacial score (nSPS) is 13.7. The molecule has 5 heteroatoms. The van der Waals surface area contributed by atoms with E-state index in [0.29, 0.717) is 9.50 Å². The van der Waals surface area contributed by atoms with Crippen LogP contribution in [-0.4, -0.2) is 24.1 Å². The maximum atomic E-state index is 6.72. The molecular weight excluding hydrogens is 791 g/mol. The van der Waals surface area contributed by atoms with E-state index in [4.69, 9.17) is 9.47 Å². The van der Waals surface area contributed by atoms with Crippen LogP contribution in [0.5, 0.6) is 11.5 Å². The van der Waals surface area contributed by atoms with E-state index in [1.54, 1.807) is 0 Å². The van der Waals surface area contributed by atoms with Crippen molar-refractivity contribution in [1.82, 2.24) is 0 Å². The van der Waals surface area contributed by atoms with E-state index in [-0.39, 0.29) is 21.7 Å². The monoisotopic (exact) mass is 850 g/mol. The van der Waals surface area contributed by atoms with Crippen LogP contribution in [0.4, 0.5) is 0 Å². The molecule has 232 valence electrons. The molecule has 0 atom stereocenters. The summed E-state index contributed by atoms with van der Waals surface area (Å²) < 4.78 is 17.0. The van der Waals surface area contributed by atoms with Gasteiger partial charge in [0.15, 0.2) is 0 Å². The summed E-state index contributed by atoms with van der Waals surface area (Å²) in [6.07, 6.45) is 2.28. The Labute approximate surface area is 283 Å². The van der Waals surface area contributed by atoms with Crippen LogP contribution in [0.1, 0.15) is 121 Å². The molecule has 2 aromatic rings. The van der Waals surface area contributed by atoms with Gasteiger partial charge in [-0.05, 0) is 0 Å². The minimum absolute atomic E-state index is 0.122. The Hall–Kier alpha value is 0.0429. The molecule has 0 N–H and O–H groups in total. The van der Waals surface area contributed by atoms with E-state index in [0.717, 1.165) is 35.2 Å². The molecule has 2 aromatic carbocycles. The van der Waals surface area contributed by atoms with Gasteiger partial charge in [-0.1, -0.05) is 0 Å². The Kier molecular flexibility index (Phi) is 12.7. The number of hydrogen-bond acceptors (Lipinski definition) is 2. The first-order chi connectivity index (χ1) is 18.5. The third-order valence-corrected chi connectivity index (χ3v) is 22.9. The first kappa shape index (κ1) is 37.2. The van der Waals surface area contributed by atoms with Crippen molar-refractivity contribution in [1.29, 1.82) is 0 Å². The molecule has 41 heavy (non-hydrogen) atoms. The first-order valence-corrected chi connectivity index (χ1v) is 22.9. The molecule has 0 spiro atoms. The molecule has 0 unspecified atom stereocenters. The van der Waals surface area contributed by atoms with Gasteiger partial charge in [0.25, 0.3) is 0 Å². The van der Waals surface area contributed by atoms with Gasteiger partial charge in [0, 0.05) is 0 Å². The second-order valence-electron chi connectivity index (χ2n) is 16.7. The summed E-state index contributed by atoms with van der Waals surface area (Å²) in [5, 5.41) is 0. The van der Waals surface area contributed by atoms with E-state index in [1.165, 1.54) is 18.3 Å². The van der Waals surface area contributed by atoms with E-state index < -0.39 is 13.3 Å². The molecule has 0 aliphatic heterocycles. The van der Waals surface area contributed by atoms with Gasteiger partial charge in [-0.3, -0.25) is 0 Å². The molecule has 0 amide bonds. The zero-order chi connectivity index (χ0) is 31.6. The van der Waals surface area contributed by atoms with E-state index in [1.807, 2.05) is 0 Å². The van der Waals surface area contributed by atoms with E-state index in [9.17, 15) is 0 Å². The topological polar surface area (TPSA) is 18.5 Å². The average molecular weight is 849 g/mol. The molecule has 0 radical (unpaired) electrons. The van der Waals surface area contributed by atoms with Gasteiger partial charge in [0.2, 0.25) is 0 Å². The van der Waals surface area contributed by atoms with Crippen molar-refractivity contribution in [3.8, 4) is 11.5 Å². The summed E-state index contributed by atoms with van der Waals surface area (Å²) in [5.74, 6) is 2.02. The van der Waals surface area contributed by atoms with Crippen molar-refractivity contribution in [3.63, 3.8) is 0 Å². The molecular formula is C36H58GeI2O2. The molecule has 0 bridgehead atoms. The predicted molar refractivity (Wildman–Crippen MR) is 199 cm³/mol. The fourth-order valence-electron chi connectivity index (χ4n) is 6.73. The fraction of sp³-hybridized carbons (Fsp3) is 0.667. The molecule has 0 aliphatic carbocycles. The summed E-state index contributed by atoms with van der Waals surface area (Å²) in [6.45, 7) is 32.9. The minimum atomic E-state index is -2.63. The van der Waals surface area contributed by atoms with Crippen molar-refractivity contribution in [2.45, 2.75) is 130 Å². The van der Waals surface area contributed by atoms with Crippen molar-refractivity contribution in [3.05, 3.63) is 54.7 Å². The molecule has 0 fully saturated rings. The Morgan fingerprint density at radius 1 is 0.585 bits per heavy atom. The van der Waals surface area contributed by atoms with Gasteiger partial charge in [-0.25, -0.2) is 0 Å². The van der Waals surface area contributed by atoms with Crippen LogP contribution in [0, 0.1) is 18.0 Å². The summed E-state index contributed by atoms with van der Waals surface area (Å²) in [7, 11) is 0. The van der Waals surface area contributed by atoms with E-state index >= 15 is 0 Å². The van der Waals surface area contributed by atoms with Crippen LogP contribution in [0.15, 0.2) is 36.4 Å². The van der Waals surface area contributed by atoms with Crippen LogP contribution in [0.2, 0.25) is 9.50 Å². The van der Waals surface area contributed by atoms with Crippen LogP contribution in [-0.2, 0) is 10.8 Å². The zero-order valence-corrected chi connectivity index (χ0v) is 34.9. The molecule has 0 heterocycles. The van der Waals surface area contributed by atoms with Crippen molar-refractivity contribution in [2.24, 2.45) is 10.8 Å². The van der Waals surface area contributed by atoms with Crippen LogP contribution in [0.25, 0.3) is 0 Å². The van der Waals surface area contributed by atoms with Gasteiger partial charge >= 0.3 is 286 Å². The van der Waals surface area contributed by atoms with Crippen LogP contribution in [0.3, 0.4) is 0 Å². The number of hydrogen-bond donors (Lipinski definition) is 0. The summed E-state index contributed by atoms with van der Waals surface area (Å²) in [6, 6.07) is 13.6. The standard InChI is InChI=1S/C36H58GeI2O2/c1-25(2)37(26(3)4,23-40-31-17-15-27(19-29(31)38)35(11,12)21-33(5,6)7)24-41-32-18-16-28(20-30(32)39)36(13,14)22-34(8,9)10/h15-20,25-26H,21-24H2,1-14H3. The Balaban J connectivity index is 2.25. The third-order valence-electron chi connectivity index (χ3n) is 8.66. The van der Waals surface area contributed by atoms with Gasteiger partial charge < -0.3 is 0 Å². The Morgan fingerprint density at radius 3 is 1.15 bits per heavy atom. The number of rotatable bonds is 12. The Morgan fingerprint density at radius 2 is 0.902 bits per heavy atom. The van der Waals surface area contributed by atoms with Crippen molar-refractivity contribution >= 4 is 58.4 Å². The number of benzene rings is 2. The predicted octanol–water partition coefficient (Wildman–Crippen LogP) is 12.1. The summed E-state index contributed by atoms with van der Waals surface area (Å²) in [5.41, 5.74) is 5.20. The quantitative estimate of drug-likeness (QED) is 0.156. The zero-order valence-electron chi connectivity index (χ0n) is 28.5. The molecule has 0 aliphatic rings. The van der Waals surface area contributed by atoms with Crippen LogP contribution < -0.4 is 9.47 Å². The van der Waals surface area contributed by atoms with Crippen LogP contribution >= 0.6 is 45.2 Å². The summed E-state index contributed by atoms with van der Waals surface area (Å²) in [4.78, 5) is 0. The number of halogens is 2. The molecule has 0 aromatic heterocycles. The van der Waals surface area contributed by atoms with Crippen molar-refractivity contribution in [2.75, 3.05) is 10.9 Å². The van der Waals surface area contributed by atoms with Gasteiger partial charge in [0.1, 0.15) is 0 Å².